The largest absolute Gasteiger partial charge is 0.469 e. The quantitative estimate of drug-likeness (QED) is 0.328. The lowest BCUT2D eigenvalue weighted by Crippen LogP contribution is -2.00. The summed E-state index contributed by atoms with van der Waals surface area (Å²) in [6.07, 6.45) is 5.18. The molecule has 0 aliphatic rings. The van der Waals surface area contributed by atoms with Gasteiger partial charge in [0.1, 0.15) is 12.0 Å². The zero-order valence-electron chi connectivity index (χ0n) is 14.1. The van der Waals surface area contributed by atoms with Crippen molar-refractivity contribution >= 4 is 23.1 Å². The Labute approximate surface area is 158 Å². The summed E-state index contributed by atoms with van der Waals surface area (Å²) >= 11 is 3.17. The van der Waals surface area contributed by atoms with E-state index >= 15 is 0 Å². The second kappa shape index (κ2) is 7.35. The maximum Gasteiger partial charge on any atom is 0.236 e. The summed E-state index contributed by atoms with van der Waals surface area (Å²) in [4.78, 5) is 5.57. The minimum absolute atomic E-state index is 0.620. The van der Waals surface area contributed by atoms with E-state index in [-0.39, 0.29) is 0 Å². The molecule has 0 saturated carbocycles. The molecule has 8 heteroatoms. The zero-order valence-corrected chi connectivity index (χ0v) is 15.7. The summed E-state index contributed by atoms with van der Waals surface area (Å²) in [5, 5.41) is 11.5. The summed E-state index contributed by atoms with van der Waals surface area (Å²) in [6.45, 7) is 6.37. The molecule has 0 atom stereocenters. The maximum atomic E-state index is 5.57. The Hall–Kier alpha value is -2.58. The highest BCUT2D eigenvalue weighted by atomic mass is 32.2. The standard InChI is InChI=1S/C18H16N4O2S2/c1-3-7-22-16(14-6-8-23-12(14)2)20-21-18(22)26-11-13-10-24-17(19-13)15-5-4-9-25-15/h3-6,8-10H,1,7,11H2,2H3. The smallest absolute Gasteiger partial charge is 0.236 e. The number of nitrogens with zero attached hydrogens (tertiary/aromatic N) is 4. The van der Waals surface area contributed by atoms with Crippen molar-refractivity contribution in [1.29, 1.82) is 0 Å². The Bertz CT molecular complexity index is 1010. The molecule has 4 rings (SSSR count). The number of aromatic nitrogens is 4. The molecule has 132 valence electrons. The van der Waals surface area contributed by atoms with Gasteiger partial charge in [0.25, 0.3) is 0 Å². The molecule has 0 aliphatic heterocycles. The third kappa shape index (κ3) is 3.25. The van der Waals surface area contributed by atoms with Crippen LogP contribution in [-0.2, 0) is 12.3 Å². The molecule has 0 amide bonds. The van der Waals surface area contributed by atoms with E-state index in [1.165, 1.54) is 0 Å². The Morgan fingerprint density at radius 1 is 1.31 bits per heavy atom. The van der Waals surface area contributed by atoms with E-state index in [1.54, 1.807) is 35.6 Å². The van der Waals surface area contributed by atoms with Crippen LogP contribution in [0, 0.1) is 6.92 Å². The highest BCUT2D eigenvalue weighted by Crippen LogP contribution is 2.30. The number of allylic oxidation sites excluding steroid dienone is 1. The molecule has 0 fully saturated rings. The van der Waals surface area contributed by atoms with Gasteiger partial charge in [-0.3, -0.25) is 4.57 Å². The molecule has 0 aromatic carbocycles. The Morgan fingerprint density at radius 3 is 2.96 bits per heavy atom. The van der Waals surface area contributed by atoms with Crippen LogP contribution < -0.4 is 0 Å². The average molecular weight is 384 g/mol. The van der Waals surface area contributed by atoms with Crippen molar-refractivity contribution in [3.05, 3.63) is 60.2 Å². The SMILES string of the molecule is C=CCn1c(SCc2coc(-c3cccs3)n2)nnc1-c1ccoc1C. The predicted octanol–water partition coefficient (Wildman–Crippen LogP) is 5.04. The number of thiophene rings is 1. The molecule has 4 aromatic heterocycles. The van der Waals surface area contributed by atoms with Crippen molar-refractivity contribution in [2.24, 2.45) is 0 Å². The fourth-order valence-corrected chi connectivity index (χ4v) is 4.01. The van der Waals surface area contributed by atoms with Crippen LogP contribution >= 0.6 is 23.1 Å². The predicted molar refractivity (Wildman–Crippen MR) is 102 cm³/mol. The van der Waals surface area contributed by atoms with Crippen LogP contribution in [0.25, 0.3) is 22.2 Å². The molecule has 4 heterocycles. The van der Waals surface area contributed by atoms with Crippen molar-refractivity contribution in [3.8, 4) is 22.2 Å². The molecular formula is C18H16N4O2S2. The highest BCUT2D eigenvalue weighted by molar-refractivity contribution is 7.98. The topological polar surface area (TPSA) is 69.9 Å². The van der Waals surface area contributed by atoms with Crippen molar-refractivity contribution in [2.75, 3.05) is 0 Å². The molecule has 0 N–H and O–H groups in total. The number of furan rings is 1. The van der Waals surface area contributed by atoms with Gasteiger partial charge in [-0.25, -0.2) is 4.98 Å². The summed E-state index contributed by atoms with van der Waals surface area (Å²) in [5.74, 6) is 2.89. The van der Waals surface area contributed by atoms with Crippen molar-refractivity contribution in [2.45, 2.75) is 24.4 Å². The van der Waals surface area contributed by atoms with Crippen LogP contribution in [0.3, 0.4) is 0 Å². The molecule has 26 heavy (non-hydrogen) atoms. The zero-order chi connectivity index (χ0) is 17.9. The second-order valence-electron chi connectivity index (χ2n) is 5.51. The normalized spacial score (nSPS) is 11.1. The first-order valence-corrected chi connectivity index (χ1v) is 9.82. The third-order valence-corrected chi connectivity index (χ3v) is 5.62. The van der Waals surface area contributed by atoms with E-state index in [4.69, 9.17) is 8.83 Å². The lowest BCUT2D eigenvalue weighted by molar-refractivity contribution is 0.534. The fraction of sp³-hybridized carbons (Fsp3) is 0.167. The summed E-state index contributed by atoms with van der Waals surface area (Å²) in [6, 6.07) is 5.88. The van der Waals surface area contributed by atoms with Gasteiger partial charge in [0.2, 0.25) is 5.89 Å². The van der Waals surface area contributed by atoms with Crippen LogP contribution in [0.15, 0.2) is 62.8 Å². The first-order chi connectivity index (χ1) is 12.8. The van der Waals surface area contributed by atoms with Crippen LogP contribution in [0.2, 0.25) is 0 Å². The molecule has 0 saturated heterocycles. The number of rotatable bonds is 7. The molecule has 0 unspecified atom stereocenters. The summed E-state index contributed by atoms with van der Waals surface area (Å²) in [5.41, 5.74) is 1.81. The van der Waals surface area contributed by atoms with Gasteiger partial charge < -0.3 is 8.83 Å². The summed E-state index contributed by atoms with van der Waals surface area (Å²) in [7, 11) is 0. The van der Waals surface area contributed by atoms with Crippen LogP contribution in [0.1, 0.15) is 11.5 Å². The molecular weight excluding hydrogens is 368 g/mol. The maximum absolute atomic E-state index is 5.57. The molecule has 4 aromatic rings. The van der Waals surface area contributed by atoms with Crippen LogP contribution in [-0.4, -0.2) is 19.7 Å². The number of thioether (sulfide) groups is 1. The van der Waals surface area contributed by atoms with Gasteiger partial charge in [0.05, 0.1) is 22.4 Å². The monoisotopic (exact) mass is 384 g/mol. The minimum Gasteiger partial charge on any atom is -0.469 e. The second-order valence-corrected chi connectivity index (χ2v) is 7.40. The van der Waals surface area contributed by atoms with Crippen molar-refractivity contribution < 1.29 is 8.83 Å². The Morgan fingerprint density at radius 2 is 2.23 bits per heavy atom. The number of oxazole rings is 1. The molecule has 0 bridgehead atoms. The molecule has 0 radical (unpaired) electrons. The molecule has 0 spiro atoms. The van der Waals surface area contributed by atoms with Gasteiger partial charge >= 0.3 is 0 Å². The molecule has 6 nitrogen and oxygen atoms in total. The van der Waals surface area contributed by atoms with E-state index in [2.05, 4.69) is 21.8 Å². The van der Waals surface area contributed by atoms with Crippen molar-refractivity contribution in [1.82, 2.24) is 19.7 Å². The lowest BCUT2D eigenvalue weighted by Gasteiger charge is -2.06. The van der Waals surface area contributed by atoms with Crippen molar-refractivity contribution in [3.63, 3.8) is 0 Å². The first kappa shape index (κ1) is 16.9. The number of aryl methyl sites for hydroxylation is 1. The average Bonchev–Trinajstić information content (AvgIpc) is 3.41. The van der Waals surface area contributed by atoms with Gasteiger partial charge in [-0.2, -0.15) is 0 Å². The fourth-order valence-electron chi connectivity index (χ4n) is 2.53. The Kier molecular flexibility index (Phi) is 4.77. The Balaban J connectivity index is 1.54. The first-order valence-electron chi connectivity index (χ1n) is 7.96. The van der Waals surface area contributed by atoms with E-state index in [1.807, 2.05) is 41.1 Å². The number of hydrogen-bond acceptors (Lipinski definition) is 7. The van der Waals surface area contributed by atoms with Gasteiger partial charge in [-0.1, -0.05) is 23.9 Å². The minimum atomic E-state index is 0.620. The van der Waals surface area contributed by atoms with Crippen LogP contribution in [0.5, 0.6) is 0 Å². The van der Waals surface area contributed by atoms with Crippen LogP contribution in [0.4, 0.5) is 0 Å². The molecule has 0 aliphatic carbocycles. The van der Waals surface area contributed by atoms with E-state index in [9.17, 15) is 0 Å². The van der Waals surface area contributed by atoms with Gasteiger partial charge in [0, 0.05) is 12.3 Å². The van der Waals surface area contributed by atoms with E-state index in [0.29, 0.717) is 18.2 Å². The van der Waals surface area contributed by atoms with Gasteiger partial charge in [-0.15, -0.1) is 28.1 Å². The highest BCUT2D eigenvalue weighted by Gasteiger charge is 2.17. The third-order valence-electron chi connectivity index (χ3n) is 3.76. The lowest BCUT2D eigenvalue weighted by atomic mass is 10.2. The summed E-state index contributed by atoms with van der Waals surface area (Å²) < 4.78 is 13.0. The van der Waals surface area contributed by atoms with Gasteiger partial charge in [-0.05, 0) is 24.4 Å². The van der Waals surface area contributed by atoms with E-state index < -0.39 is 0 Å². The van der Waals surface area contributed by atoms with Gasteiger partial charge in [0.15, 0.2) is 11.0 Å². The number of hydrogen-bond donors (Lipinski definition) is 0. The van der Waals surface area contributed by atoms with E-state index in [0.717, 1.165) is 32.9 Å².